The first-order chi connectivity index (χ1) is 7.15. The minimum Gasteiger partial charge on any atom is -0.353 e. The molecule has 86 valence electrons. The lowest BCUT2D eigenvalue weighted by atomic mass is 10.1. The van der Waals surface area contributed by atoms with Crippen molar-refractivity contribution in [2.45, 2.75) is 59.0 Å². The van der Waals surface area contributed by atoms with E-state index in [9.17, 15) is 0 Å². The topological polar surface area (TPSA) is 29.9 Å². The van der Waals surface area contributed by atoms with E-state index in [1.165, 1.54) is 19.3 Å². The van der Waals surface area contributed by atoms with E-state index in [1.54, 1.807) is 0 Å². The molecule has 1 atom stereocenters. The van der Waals surface area contributed by atoms with Gasteiger partial charge in [0, 0.05) is 24.5 Å². The predicted molar refractivity (Wildman–Crippen MR) is 65.2 cm³/mol. The number of hydrogen-bond donors (Lipinski definition) is 1. The lowest BCUT2D eigenvalue weighted by Gasteiger charge is -2.18. The molecule has 1 heterocycles. The molecular weight excluding hydrogens is 186 g/mol. The molecule has 0 aromatic carbocycles. The molecule has 1 aromatic heterocycles. The van der Waals surface area contributed by atoms with Gasteiger partial charge in [-0.1, -0.05) is 19.8 Å². The zero-order valence-corrected chi connectivity index (χ0v) is 10.3. The van der Waals surface area contributed by atoms with Crippen molar-refractivity contribution < 1.29 is 0 Å². The van der Waals surface area contributed by atoms with Crippen LogP contribution < -0.4 is 5.32 Å². The largest absolute Gasteiger partial charge is 0.353 e. The van der Waals surface area contributed by atoms with Crippen LogP contribution in [0.4, 0.5) is 5.95 Å². The highest BCUT2D eigenvalue weighted by molar-refractivity contribution is 5.27. The molecule has 1 rings (SSSR count). The highest BCUT2D eigenvalue weighted by Gasteiger charge is 2.09. The second-order valence-corrected chi connectivity index (χ2v) is 4.45. The van der Waals surface area contributed by atoms with Crippen LogP contribution in [-0.2, 0) is 0 Å². The van der Waals surface area contributed by atoms with Gasteiger partial charge in [-0.25, -0.2) is 4.98 Å². The van der Waals surface area contributed by atoms with Crippen molar-refractivity contribution in [1.29, 1.82) is 0 Å². The van der Waals surface area contributed by atoms with Gasteiger partial charge in [-0.05, 0) is 27.2 Å². The molecule has 1 N–H and O–H groups in total. The number of hydrogen-bond acceptors (Lipinski definition) is 2. The lowest BCUT2D eigenvalue weighted by molar-refractivity contribution is 0.488. The monoisotopic (exact) mass is 209 g/mol. The third kappa shape index (κ3) is 3.57. The molecule has 0 bridgehead atoms. The Balaban J connectivity index is 2.62. The third-order valence-electron chi connectivity index (χ3n) is 2.54. The summed E-state index contributed by atoms with van der Waals surface area (Å²) in [5.74, 6) is 0.994. The zero-order chi connectivity index (χ0) is 11.3. The van der Waals surface area contributed by atoms with Crippen LogP contribution in [-0.4, -0.2) is 15.6 Å². The second kappa shape index (κ2) is 5.79. The maximum Gasteiger partial charge on any atom is 0.203 e. The number of rotatable bonds is 6. The van der Waals surface area contributed by atoms with Crippen LogP contribution in [0.1, 0.15) is 53.0 Å². The van der Waals surface area contributed by atoms with Gasteiger partial charge in [-0.15, -0.1) is 0 Å². The van der Waals surface area contributed by atoms with Crippen LogP contribution in [0.15, 0.2) is 12.4 Å². The third-order valence-corrected chi connectivity index (χ3v) is 2.54. The SMILES string of the molecule is CCCCC(C)n1ccnc1NC(C)C. The van der Waals surface area contributed by atoms with Crippen molar-refractivity contribution >= 4 is 5.95 Å². The Hall–Kier alpha value is -0.990. The lowest BCUT2D eigenvalue weighted by Crippen LogP contribution is -2.16. The Bertz CT molecular complexity index is 278. The van der Waals surface area contributed by atoms with E-state index in [0.29, 0.717) is 12.1 Å². The van der Waals surface area contributed by atoms with E-state index in [4.69, 9.17) is 0 Å². The first-order valence-electron chi connectivity index (χ1n) is 5.94. The van der Waals surface area contributed by atoms with Crippen molar-refractivity contribution in [3.05, 3.63) is 12.4 Å². The summed E-state index contributed by atoms with van der Waals surface area (Å²) in [6, 6.07) is 0.971. The van der Waals surface area contributed by atoms with E-state index in [2.05, 4.69) is 48.8 Å². The van der Waals surface area contributed by atoms with Crippen LogP contribution in [0.2, 0.25) is 0 Å². The smallest absolute Gasteiger partial charge is 0.203 e. The minimum atomic E-state index is 0.435. The van der Waals surface area contributed by atoms with Crippen molar-refractivity contribution in [3.63, 3.8) is 0 Å². The molecule has 0 aliphatic carbocycles. The molecule has 0 amide bonds. The fourth-order valence-corrected chi connectivity index (χ4v) is 1.68. The van der Waals surface area contributed by atoms with Gasteiger partial charge in [0.05, 0.1) is 0 Å². The van der Waals surface area contributed by atoms with Gasteiger partial charge in [-0.2, -0.15) is 0 Å². The first-order valence-corrected chi connectivity index (χ1v) is 5.94. The summed E-state index contributed by atoms with van der Waals surface area (Å²) in [6.45, 7) is 8.75. The fourth-order valence-electron chi connectivity index (χ4n) is 1.68. The number of nitrogens with zero attached hydrogens (tertiary/aromatic N) is 2. The van der Waals surface area contributed by atoms with Crippen LogP contribution in [0, 0.1) is 0 Å². The Labute approximate surface area is 92.9 Å². The molecule has 0 radical (unpaired) electrons. The molecule has 0 saturated heterocycles. The molecule has 3 heteroatoms. The quantitative estimate of drug-likeness (QED) is 0.777. The molecule has 1 aromatic rings. The zero-order valence-electron chi connectivity index (χ0n) is 10.3. The van der Waals surface area contributed by atoms with Gasteiger partial charge in [0.25, 0.3) is 0 Å². The Kier molecular flexibility index (Phi) is 4.66. The summed E-state index contributed by atoms with van der Waals surface area (Å²) in [4.78, 5) is 4.34. The second-order valence-electron chi connectivity index (χ2n) is 4.45. The van der Waals surface area contributed by atoms with Crippen LogP contribution in [0.25, 0.3) is 0 Å². The maximum atomic E-state index is 4.34. The summed E-state index contributed by atoms with van der Waals surface area (Å²) in [5, 5.41) is 3.36. The molecular formula is C12H23N3. The van der Waals surface area contributed by atoms with Crippen molar-refractivity contribution in [1.82, 2.24) is 9.55 Å². The molecule has 0 aliphatic rings. The standard InChI is InChI=1S/C12H23N3/c1-5-6-7-11(4)15-9-8-13-12(15)14-10(2)3/h8-11H,5-7H2,1-4H3,(H,13,14). The molecule has 1 unspecified atom stereocenters. The van der Waals surface area contributed by atoms with E-state index in [-0.39, 0.29) is 0 Å². The van der Waals surface area contributed by atoms with E-state index >= 15 is 0 Å². The summed E-state index contributed by atoms with van der Waals surface area (Å²) in [5.41, 5.74) is 0. The number of nitrogens with one attached hydrogen (secondary N) is 1. The highest BCUT2D eigenvalue weighted by atomic mass is 15.2. The molecule has 3 nitrogen and oxygen atoms in total. The van der Waals surface area contributed by atoms with Crippen molar-refractivity contribution in [3.8, 4) is 0 Å². The maximum absolute atomic E-state index is 4.34. The average molecular weight is 209 g/mol. The van der Waals surface area contributed by atoms with Gasteiger partial charge in [0.15, 0.2) is 0 Å². The molecule has 0 spiro atoms. The van der Waals surface area contributed by atoms with Crippen molar-refractivity contribution in [2.24, 2.45) is 0 Å². The van der Waals surface area contributed by atoms with Gasteiger partial charge in [0.1, 0.15) is 0 Å². The summed E-state index contributed by atoms with van der Waals surface area (Å²) in [7, 11) is 0. The fraction of sp³-hybridized carbons (Fsp3) is 0.750. The predicted octanol–water partition coefficient (Wildman–Crippen LogP) is 3.45. The molecule has 0 aliphatic heterocycles. The van der Waals surface area contributed by atoms with Gasteiger partial charge >= 0.3 is 0 Å². The number of anilines is 1. The van der Waals surface area contributed by atoms with E-state index in [0.717, 1.165) is 5.95 Å². The Morgan fingerprint density at radius 3 is 2.73 bits per heavy atom. The normalized spacial score (nSPS) is 13.1. The number of imidazole rings is 1. The first kappa shape index (κ1) is 12.1. The summed E-state index contributed by atoms with van der Waals surface area (Å²) >= 11 is 0. The highest BCUT2D eigenvalue weighted by Crippen LogP contribution is 2.19. The van der Waals surface area contributed by atoms with Gasteiger partial charge in [-0.3, -0.25) is 0 Å². The summed E-state index contributed by atoms with van der Waals surface area (Å²) < 4.78 is 2.23. The van der Waals surface area contributed by atoms with Crippen LogP contribution >= 0.6 is 0 Å². The van der Waals surface area contributed by atoms with Gasteiger partial charge < -0.3 is 9.88 Å². The summed E-state index contributed by atoms with van der Waals surface area (Å²) in [6.07, 6.45) is 7.68. The molecule has 0 saturated carbocycles. The average Bonchev–Trinajstić information content (AvgIpc) is 2.61. The van der Waals surface area contributed by atoms with Gasteiger partial charge in [0.2, 0.25) is 5.95 Å². The van der Waals surface area contributed by atoms with Crippen LogP contribution in [0.5, 0.6) is 0 Å². The number of unbranched alkanes of at least 4 members (excludes halogenated alkanes) is 1. The minimum absolute atomic E-state index is 0.435. The van der Waals surface area contributed by atoms with Crippen LogP contribution in [0.3, 0.4) is 0 Å². The van der Waals surface area contributed by atoms with E-state index in [1.807, 2.05) is 6.20 Å². The molecule has 0 fully saturated rings. The number of aromatic nitrogens is 2. The molecule has 15 heavy (non-hydrogen) atoms. The Morgan fingerprint density at radius 1 is 1.40 bits per heavy atom. The van der Waals surface area contributed by atoms with E-state index < -0.39 is 0 Å². The Morgan fingerprint density at radius 2 is 2.13 bits per heavy atom. The van der Waals surface area contributed by atoms with Crippen molar-refractivity contribution in [2.75, 3.05) is 5.32 Å².